The maximum atomic E-state index is 5.65. The van der Waals surface area contributed by atoms with Gasteiger partial charge >= 0.3 is 0 Å². The van der Waals surface area contributed by atoms with Crippen LogP contribution in [0.1, 0.15) is 33.6 Å². The van der Waals surface area contributed by atoms with Gasteiger partial charge in [0.2, 0.25) is 0 Å². The Bertz CT molecular complexity index is 4080. The fraction of sp³-hybridized carbons (Fsp3) is 0.0278. The molecule has 0 spiro atoms. The van der Waals surface area contributed by atoms with E-state index in [1.807, 2.05) is 12.1 Å². The maximum Gasteiger partial charge on any atom is 0.0978 e. The summed E-state index contributed by atoms with van der Waals surface area (Å²) >= 11 is 0. The Morgan fingerprint density at radius 2 is 0.526 bits per heavy atom. The van der Waals surface area contributed by atoms with Gasteiger partial charge in [-0.25, -0.2) is 19.9 Å². The molecule has 0 saturated heterocycles. The first-order valence-electron chi connectivity index (χ1n) is 25.9. The van der Waals surface area contributed by atoms with E-state index in [1.165, 1.54) is 0 Å². The second kappa shape index (κ2) is 19.8. The summed E-state index contributed by atoms with van der Waals surface area (Å²) in [7, 11) is 0. The average molecular weight is 971 g/mol. The number of aryl methyl sites for hydroxylation is 2. The minimum Gasteiger partial charge on any atom is -0.246 e. The lowest BCUT2D eigenvalue weighted by Gasteiger charge is -2.18. The number of aromatic nitrogens is 4. The summed E-state index contributed by atoms with van der Waals surface area (Å²) in [6, 6.07) is 85.7. The zero-order chi connectivity index (χ0) is 51.0. The van der Waals surface area contributed by atoms with Crippen LogP contribution in [0.3, 0.4) is 0 Å². The Labute approximate surface area is 442 Å². The molecule has 0 N–H and O–H groups in total. The molecule has 0 saturated carbocycles. The molecule has 9 aromatic carbocycles. The first kappa shape index (κ1) is 45.9. The number of hydrogen-bond donors (Lipinski definition) is 0. The van der Waals surface area contributed by atoms with Gasteiger partial charge in [0.25, 0.3) is 0 Å². The zero-order valence-electron chi connectivity index (χ0n) is 42.2. The van der Waals surface area contributed by atoms with Crippen molar-refractivity contribution in [2.24, 2.45) is 0 Å². The van der Waals surface area contributed by atoms with Gasteiger partial charge in [-0.3, -0.25) is 0 Å². The molecule has 13 aromatic rings. The molecule has 0 aliphatic carbocycles. The molecule has 0 unspecified atom stereocenters. The lowest BCUT2D eigenvalue weighted by Crippen LogP contribution is -1.98. The summed E-state index contributed by atoms with van der Waals surface area (Å²) in [5.74, 6) is 0. The van der Waals surface area contributed by atoms with E-state index in [0.29, 0.717) is 0 Å². The molecule has 0 atom stereocenters. The first-order chi connectivity index (χ1) is 37.5. The Kier molecular flexibility index (Phi) is 12.0. The molecule has 0 aliphatic heterocycles. The van der Waals surface area contributed by atoms with Gasteiger partial charge in [0, 0.05) is 32.7 Å². The van der Waals surface area contributed by atoms with Crippen LogP contribution in [0.15, 0.2) is 243 Å². The third-order valence-electron chi connectivity index (χ3n) is 14.5. The van der Waals surface area contributed by atoms with E-state index in [-0.39, 0.29) is 0 Å². The normalized spacial score (nSPS) is 11.7. The van der Waals surface area contributed by atoms with Crippen LogP contribution in [-0.4, -0.2) is 19.9 Å². The highest BCUT2D eigenvalue weighted by Crippen LogP contribution is 2.42. The molecule has 13 rings (SSSR count). The average Bonchev–Trinajstić information content (AvgIpc) is 3.56. The van der Waals surface area contributed by atoms with Crippen LogP contribution in [0, 0.1) is 13.8 Å². The number of rotatable bonds is 10. The SMILES string of the molecule is Cc1cc(-c2cc(-c3ccccc3)c3ccc4c(-c5ccccc5)cc(C=Cc5ccccc5)nc4c3n2)c(C)cc1-c1cc(-c2ccccc2)c2ccc3c(-c4ccccc4)cc(C=Cc4ccccc4)nc3c2n1. The predicted octanol–water partition coefficient (Wildman–Crippen LogP) is 18.8. The largest absolute Gasteiger partial charge is 0.246 e. The van der Waals surface area contributed by atoms with Crippen LogP contribution in [0.25, 0.3) is 135 Å². The van der Waals surface area contributed by atoms with E-state index in [0.717, 1.165) is 144 Å². The first-order valence-corrected chi connectivity index (χ1v) is 25.9. The third kappa shape index (κ3) is 8.82. The van der Waals surface area contributed by atoms with Crippen LogP contribution in [-0.2, 0) is 0 Å². The van der Waals surface area contributed by atoms with Crippen molar-refractivity contribution in [2.75, 3.05) is 0 Å². The second-order valence-electron chi connectivity index (χ2n) is 19.4. The molecular weight excluding hydrogens is 921 g/mol. The molecular formula is C72H50N4. The molecule has 4 heteroatoms. The summed E-state index contributed by atoms with van der Waals surface area (Å²) in [6.07, 6.45) is 8.49. The minimum absolute atomic E-state index is 0.859. The van der Waals surface area contributed by atoms with Crippen molar-refractivity contribution >= 4 is 67.9 Å². The van der Waals surface area contributed by atoms with Gasteiger partial charge in [0.1, 0.15) is 0 Å². The fourth-order valence-corrected chi connectivity index (χ4v) is 10.7. The smallest absolute Gasteiger partial charge is 0.0978 e. The molecule has 0 amide bonds. The molecule has 76 heavy (non-hydrogen) atoms. The Morgan fingerprint density at radius 1 is 0.250 bits per heavy atom. The lowest BCUT2D eigenvalue weighted by molar-refractivity contribution is 1.30. The molecule has 0 bridgehead atoms. The molecule has 358 valence electrons. The molecule has 0 fully saturated rings. The molecule has 4 nitrogen and oxygen atoms in total. The number of pyridine rings is 4. The summed E-state index contributed by atoms with van der Waals surface area (Å²) in [5, 5.41) is 4.20. The number of nitrogens with zero attached hydrogens (tertiary/aromatic N) is 4. The van der Waals surface area contributed by atoms with E-state index in [2.05, 4.69) is 269 Å². The van der Waals surface area contributed by atoms with Gasteiger partial charge in [-0.1, -0.05) is 218 Å². The Hall–Kier alpha value is -9.90. The molecule has 4 aromatic heterocycles. The van der Waals surface area contributed by atoms with Crippen LogP contribution in [0.5, 0.6) is 0 Å². The topological polar surface area (TPSA) is 51.6 Å². The fourth-order valence-electron chi connectivity index (χ4n) is 10.7. The van der Waals surface area contributed by atoms with Gasteiger partial charge < -0.3 is 0 Å². The van der Waals surface area contributed by atoms with Crippen molar-refractivity contribution in [1.29, 1.82) is 0 Å². The standard InChI is InChI=1S/C72H50N4/c1-47-41-62(68-46-66(54-31-19-8-20-32-54)60-40-38-58-64(52-27-15-6-16-28-52)44-56(74-70(58)72(60)76-68)36-34-50-23-11-4-12-24-50)48(2)42-61(47)67-45-65(53-29-17-7-18-30-53)59-39-37-57-63(51-25-13-5-14-26-51)43-55(73-69(57)71(59)75-67)35-33-49-21-9-3-10-22-49/h3-46H,1-2H3. The van der Waals surface area contributed by atoms with E-state index in [9.17, 15) is 0 Å². The Morgan fingerprint density at radius 3 is 0.842 bits per heavy atom. The van der Waals surface area contributed by atoms with Crippen LogP contribution >= 0.6 is 0 Å². The minimum atomic E-state index is 0.859. The summed E-state index contributed by atoms with van der Waals surface area (Å²) in [4.78, 5) is 22.2. The van der Waals surface area contributed by atoms with Gasteiger partial charge in [-0.2, -0.15) is 0 Å². The van der Waals surface area contributed by atoms with E-state index in [1.54, 1.807) is 0 Å². The zero-order valence-corrected chi connectivity index (χ0v) is 42.2. The van der Waals surface area contributed by atoms with Crippen molar-refractivity contribution in [1.82, 2.24) is 19.9 Å². The quantitative estimate of drug-likeness (QED) is 0.128. The highest BCUT2D eigenvalue weighted by molar-refractivity contribution is 6.15. The highest BCUT2D eigenvalue weighted by Gasteiger charge is 2.21. The molecule has 4 heterocycles. The van der Waals surface area contributed by atoms with Crippen LogP contribution < -0.4 is 0 Å². The van der Waals surface area contributed by atoms with Crippen molar-refractivity contribution in [3.8, 4) is 67.0 Å². The number of benzene rings is 9. The predicted molar refractivity (Wildman–Crippen MR) is 320 cm³/mol. The maximum absolute atomic E-state index is 5.65. The monoisotopic (exact) mass is 970 g/mol. The van der Waals surface area contributed by atoms with Crippen LogP contribution in [0.4, 0.5) is 0 Å². The van der Waals surface area contributed by atoms with Gasteiger partial charge in [-0.15, -0.1) is 0 Å². The summed E-state index contributed by atoms with van der Waals surface area (Å²) < 4.78 is 0. The second-order valence-corrected chi connectivity index (χ2v) is 19.4. The van der Waals surface area contributed by atoms with Crippen LogP contribution in [0.2, 0.25) is 0 Å². The lowest BCUT2D eigenvalue weighted by atomic mass is 9.91. The summed E-state index contributed by atoms with van der Waals surface area (Å²) in [6.45, 7) is 4.39. The van der Waals surface area contributed by atoms with Crippen molar-refractivity contribution < 1.29 is 0 Å². The number of hydrogen-bond acceptors (Lipinski definition) is 4. The van der Waals surface area contributed by atoms with E-state index >= 15 is 0 Å². The van der Waals surface area contributed by atoms with Crippen molar-refractivity contribution in [3.63, 3.8) is 0 Å². The van der Waals surface area contributed by atoms with E-state index in [4.69, 9.17) is 19.9 Å². The number of fused-ring (bicyclic) bond motifs is 6. The van der Waals surface area contributed by atoms with Gasteiger partial charge in [0.05, 0.1) is 44.8 Å². The highest BCUT2D eigenvalue weighted by atomic mass is 14.8. The Balaban J connectivity index is 1.02. The third-order valence-corrected chi connectivity index (χ3v) is 14.5. The molecule has 0 aliphatic rings. The summed E-state index contributed by atoms with van der Waals surface area (Å²) in [5.41, 5.74) is 22.4. The van der Waals surface area contributed by atoms with Crippen molar-refractivity contribution in [2.45, 2.75) is 13.8 Å². The van der Waals surface area contributed by atoms with Gasteiger partial charge in [-0.05, 0) is 129 Å². The van der Waals surface area contributed by atoms with E-state index < -0.39 is 0 Å². The van der Waals surface area contributed by atoms with Crippen molar-refractivity contribution in [3.05, 3.63) is 276 Å². The van der Waals surface area contributed by atoms with Gasteiger partial charge in [0.15, 0.2) is 0 Å². The molecule has 0 radical (unpaired) electrons.